The smallest absolute Gasteiger partial charge is 0.0905 e. The highest BCUT2D eigenvalue weighted by molar-refractivity contribution is 7.12. The molecule has 0 atom stereocenters. The maximum absolute atomic E-state index is 9.30. The Labute approximate surface area is 106 Å². The highest BCUT2D eigenvalue weighted by Crippen LogP contribution is 2.28. The number of thiazole rings is 1. The molecule has 0 spiro atoms. The van der Waals surface area contributed by atoms with Crippen LogP contribution in [0.3, 0.4) is 0 Å². The molecule has 3 heteroatoms. The molecule has 1 heterocycles. The largest absolute Gasteiger partial charge is 0.391 e. The van der Waals surface area contributed by atoms with Crippen LogP contribution in [0.2, 0.25) is 0 Å². The van der Waals surface area contributed by atoms with Gasteiger partial charge in [-0.05, 0) is 18.9 Å². The molecular formula is C14H17NOS. The molecule has 0 saturated carbocycles. The summed E-state index contributed by atoms with van der Waals surface area (Å²) in [6.07, 6.45) is 2.28. The van der Waals surface area contributed by atoms with Gasteiger partial charge in [0, 0.05) is 5.56 Å². The lowest BCUT2D eigenvalue weighted by molar-refractivity contribution is 0.286. The molecule has 0 saturated heterocycles. The van der Waals surface area contributed by atoms with Gasteiger partial charge in [0.25, 0.3) is 0 Å². The zero-order valence-electron chi connectivity index (χ0n) is 10.2. The van der Waals surface area contributed by atoms with E-state index in [9.17, 15) is 5.11 Å². The molecule has 0 aliphatic rings. The molecule has 2 nitrogen and oxygen atoms in total. The first-order valence-corrected chi connectivity index (χ1v) is 6.72. The minimum atomic E-state index is 0.0670. The van der Waals surface area contributed by atoms with Crippen molar-refractivity contribution in [3.05, 3.63) is 39.7 Å². The molecule has 2 aromatic rings. The summed E-state index contributed by atoms with van der Waals surface area (Å²) in [5.74, 6) is 0. The monoisotopic (exact) mass is 247 g/mol. The van der Waals surface area contributed by atoms with E-state index in [1.807, 2.05) is 6.92 Å². The summed E-state index contributed by atoms with van der Waals surface area (Å²) in [6, 6.07) is 8.49. The van der Waals surface area contributed by atoms with E-state index in [0.717, 1.165) is 34.0 Å². The first kappa shape index (κ1) is 12.3. The lowest BCUT2D eigenvalue weighted by Gasteiger charge is -2.02. The summed E-state index contributed by atoms with van der Waals surface area (Å²) in [6.45, 7) is 4.22. The molecule has 0 unspecified atom stereocenters. The van der Waals surface area contributed by atoms with E-state index >= 15 is 0 Å². The summed E-state index contributed by atoms with van der Waals surface area (Å²) in [5, 5.41) is 10.3. The summed E-state index contributed by atoms with van der Waals surface area (Å²) < 4.78 is 0. The van der Waals surface area contributed by atoms with Gasteiger partial charge in [0.2, 0.25) is 0 Å². The van der Waals surface area contributed by atoms with Crippen LogP contribution in [0.15, 0.2) is 24.3 Å². The van der Waals surface area contributed by atoms with Crippen molar-refractivity contribution in [2.45, 2.75) is 33.3 Å². The summed E-state index contributed by atoms with van der Waals surface area (Å²) in [4.78, 5) is 5.44. The number of rotatable bonds is 4. The molecule has 1 aromatic heterocycles. The van der Waals surface area contributed by atoms with Crippen molar-refractivity contribution in [3.8, 4) is 11.3 Å². The third kappa shape index (κ3) is 2.73. The molecule has 0 aliphatic carbocycles. The van der Waals surface area contributed by atoms with E-state index in [2.05, 4.69) is 36.2 Å². The summed E-state index contributed by atoms with van der Waals surface area (Å²) in [7, 11) is 0. The van der Waals surface area contributed by atoms with Gasteiger partial charge >= 0.3 is 0 Å². The number of aryl methyl sites for hydroxylation is 2. The first-order chi connectivity index (χ1) is 8.24. The van der Waals surface area contributed by atoms with Crippen molar-refractivity contribution < 1.29 is 5.11 Å². The van der Waals surface area contributed by atoms with E-state index in [4.69, 9.17) is 0 Å². The highest BCUT2D eigenvalue weighted by Gasteiger charge is 2.09. The zero-order valence-corrected chi connectivity index (χ0v) is 11.0. The molecule has 1 aromatic carbocycles. The van der Waals surface area contributed by atoms with Crippen molar-refractivity contribution in [2.24, 2.45) is 0 Å². The van der Waals surface area contributed by atoms with Crippen molar-refractivity contribution >= 4 is 11.3 Å². The number of hydrogen-bond acceptors (Lipinski definition) is 3. The Morgan fingerprint density at radius 2 is 1.94 bits per heavy atom. The third-order valence-electron chi connectivity index (χ3n) is 2.71. The van der Waals surface area contributed by atoms with Crippen LogP contribution in [0.1, 0.15) is 28.8 Å². The van der Waals surface area contributed by atoms with Gasteiger partial charge in [0.05, 0.1) is 22.2 Å². The van der Waals surface area contributed by atoms with Crippen LogP contribution in [-0.2, 0) is 13.0 Å². The molecular weight excluding hydrogens is 230 g/mol. The number of benzene rings is 1. The van der Waals surface area contributed by atoms with Crippen LogP contribution in [0, 0.1) is 6.92 Å². The molecule has 1 N–H and O–H groups in total. The minimum absolute atomic E-state index is 0.0670. The molecule has 17 heavy (non-hydrogen) atoms. The Morgan fingerprint density at radius 3 is 2.53 bits per heavy atom. The fourth-order valence-electron chi connectivity index (χ4n) is 1.92. The maximum Gasteiger partial charge on any atom is 0.0905 e. The van der Waals surface area contributed by atoms with Gasteiger partial charge in [0.1, 0.15) is 0 Å². The van der Waals surface area contributed by atoms with Crippen LogP contribution < -0.4 is 0 Å². The lowest BCUT2D eigenvalue weighted by Crippen LogP contribution is -1.87. The van der Waals surface area contributed by atoms with E-state index in [-0.39, 0.29) is 6.61 Å². The van der Waals surface area contributed by atoms with Gasteiger partial charge in [-0.15, -0.1) is 11.3 Å². The van der Waals surface area contributed by atoms with E-state index in [0.29, 0.717) is 0 Å². The predicted octanol–water partition coefficient (Wildman–Crippen LogP) is 3.56. The Bertz CT molecular complexity index is 487. The maximum atomic E-state index is 9.30. The normalized spacial score (nSPS) is 10.8. The van der Waals surface area contributed by atoms with Gasteiger partial charge in [-0.3, -0.25) is 0 Å². The van der Waals surface area contributed by atoms with Crippen LogP contribution in [0.25, 0.3) is 11.3 Å². The quantitative estimate of drug-likeness (QED) is 0.896. The van der Waals surface area contributed by atoms with E-state index in [1.165, 1.54) is 5.56 Å². The number of aliphatic hydroxyl groups is 1. The van der Waals surface area contributed by atoms with Crippen LogP contribution in [-0.4, -0.2) is 10.1 Å². The Hall–Kier alpha value is -1.19. The standard InChI is InChI=1S/C14H17NOS/c1-3-4-11-5-7-12(8-6-11)14-13(9-16)17-10(2)15-14/h5-8,16H,3-4,9H2,1-2H3. The van der Waals surface area contributed by atoms with Gasteiger partial charge in [-0.2, -0.15) is 0 Å². The van der Waals surface area contributed by atoms with Gasteiger partial charge < -0.3 is 5.11 Å². The molecule has 2 rings (SSSR count). The number of aromatic nitrogens is 1. The van der Waals surface area contributed by atoms with Crippen molar-refractivity contribution in [2.75, 3.05) is 0 Å². The highest BCUT2D eigenvalue weighted by atomic mass is 32.1. The second-order valence-electron chi connectivity index (χ2n) is 4.11. The fraction of sp³-hybridized carbons (Fsp3) is 0.357. The number of nitrogens with zero attached hydrogens (tertiary/aromatic N) is 1. The molecule has 0 bridgehead atoms. The molecule has 0 radical (unpaired) electrons. The second kappa shape index (κ2) is 5.43. The predicted molar refractivity (Wildman–Crippen MR) is 72.2 cm³/mol. The second-order valence-corrected chi connectivity index (χ2v) is 5.40. The molecule has 0 aliphatic heterocycles. The average Bonchev–Trinajstić information content (AvgIpc) is 2.72. The molecule has 90 valence electrons. The Kier molecular flexibility index (Phi) is 3.92. The average molecular weight is 247 g/mol. The summed E-state index contributed by atoms with van der Waals surface area (Å²) >= 11 is 1.56. The van der Waals surface area contributed by atoms with Crippen molar-refractivity contribution in [3.63, 3.8) is 0 Å². The van der Waals surface area contributed by atoms with Gasteiger partial charge in [-0.25, -0.2) is 4.98 Å². The van der Waals surface area contributed by atoms with Crippen LogP contribution in [0.5, 0.6) is 0 Å². The Balaban J connectivity index is 2.32. The first-order valence-electron chi connectivity index (χ1n) is 5.91. The van der Waals surface area contributed by atoms with Crippen LogP contribution >= 0.6 is 11.3 Å². The third-order valence-corrected chi connectivity index (χ3v) is 3.67. The number of aliphatic hydroxyl groups excluding tert-OH is 1. The van der Waals surface area contributed by atoms with Crippen LogP contribution in [0.4, 0.5) is 0 Å². The van der Waals surface area contributed by atoms with Crippen molar-refractivity contribution in [1.29, 1.82) is 0 Å². The minimum Gasteiger partial charge on any atom is -0.391 e. The van der Waals surface area contributed by atoms with Gasteiger partial charge in [-0.1, -0.05) is 37.6 Å². The molecule has 0 fully saturated rings. The lowest BCUT2D eigenvalue weighted by atomic mass is 10.1. The Morgan fingerprint density at radius 1 is 1.24 bits per heavy atom. The van der Waals surface area contributed by atoms with E-state index in [1.54, 1.807) is 11.3 Å². The fourth-order valence-corrected chi connectivity index (χ4v) is 2.74. The summed E-state index contributed by atoms with van der Waals surface area (Å²) in [5.41, 5.74) is 3.38. The van der Waals surface area contributed by atoms with Gasteiger partial charge in [0.15, 0.2) is 0 Å². The zero-order chi connectivity index (χ0) is 12.3. The SMILES string of the molecule is CCCc1ccc(-c2nc(C)sc2CO)cc1. The number of hydrogen-bond donors (Lipinski definition) is 1. The van der Waals surface area contributed by atoms with Crippen molar-refractivity contribution in [1.82, 2.24) is 4.98 Å². The van der Waals surface area contributed by atoms with E-state index < -0.39 is 0 Å². The molecule has 0 amide bonds. The topological polar surface area (TPSA) is 33.1 Å².